The molecule has 1 aromatic heterocycles. The van der Waals surface area contributed by atoms with Crippen molar-refractivity contribution in [1.29, 1.82) is 0 Å². The molecule has 0 saturated carbocycles. The van der Waals surface area contributed by atoms with Crippen LogP contribution in [0, 0.1) is 13.8 Å². The molecule has 0 aliphatic rings. The number of rotatable bonds is 4. The van der Waals surface area contributed by atoms with E-state index in [4.69, 9.17) is 0 Å². The average Bonchev–Trinajstić information content (AvgIpc) is 2.81. The Morgan fingerprint density at radius 2 is 1.95 bits per heavy atom. The van der Waals surface area contributed by atoms with E-state index in [0.29, 0.717) is 0 Å². The molecule has 0 spiro atoms. The number of amides is 1. The molecule has 1 atom stereocenters. The predicted molar refractivity (Wildman–Crippen MR) is 79.5 cm³/mol. The number of benzene rings is 1. The molecule has 2 rings (SSSR count). The molecule has 0 aliphatic carbocycles. The summed E-state index contributed by atoms with van der Waals surface area (Å²) in [6.07, 6.45) is 6.55. The summed E-state index contributed by atoms with van der Waals surface area (Å²) in [5, 5.41) is 3.07. The minimum absolute atomic E-state index is 0. The summed E-state index contributed by atoms with van der Waals surface area (Å²) in [6.45, 7) is 6.05. The van der Waals surface area contributed by atoms with Crippen LogP contribution in [0.3, 0.4) is 0 Å². The Labute approximate surface area is 151 Å². The maximum absolute atomic E-state index is 12.5. The van der Waals surface area contributed by atoms with Gasteiger partial charge in [-0.3, -0.25) is 4.79 Å². The number of aromatic nitrogens is 2. The smallest absolute Gasteiger partial charge is 0.269 e. The Morgan fingerprint density at radius 3 is 2.43 bits per heavy atom. The van der Waals surface area contributed by atoms with Crippen LogP contribution in [0.25, 0.3) is 0 Å². The average molecular weight is 361 g/mol. The van der Waals surface area contributed by atoms with Gasteiger partial charge in [0, 0.05) is 38.4 Å². The number of anilines is 1. The van der Waals surface area contributed by atoms with Crippen molar-refractivity contribution in [2.45, 2.75) is 33.2 Å². The van der Waals surface area contributed by atoms with E-state index in [9.17, 15) is 4.79 Å². The number of aryl methyl sites for hydroxylation is 3. The summed E-state index contributed by atoms with van der Waals surface area (Å²) in [7, 11) is 1.95. The van der Waals surface area contributed by atoms with E-state index in [1.54, 1.807) is 0 Å². The van der Waals surface area contributed by atoms with Crippen LogP contribution in [-0.2, 0) is 44.6 Å². The number of imidazole rings is 1. The molecular weight excluding hydrogens is 339 g/mol. The molecule has 0 bridgehead atoms. The molecule has 0 fully saturated rings. The van der Waals surface area contributed by atoms with E-state index in [1.165, 1.54) is 0 Å². The van der Waals surface area contributed by atoms with Gasteiger partial charge in [0.1, 0.15) is 12.4 Å². The zero-order chi connectivity index (χ0) is 14.7. The molecule has 1 unspecified atom stereocenters. The Kier molecular flexibility index (Phi) is 6.75. The zero-order valence-electron chi connectivity index (χ0n) is 13.1. The van der Waals surface area contributed by atoms with E-state index in [-0.39, 0.29) is 44.7 Å². The van der Waals surface area contributed by atoms with Crippen molar-refractivity contribution in [3.05, 3.63) is 48.0 Å². The number of hydrogen-bond donors (Lipinski definition) is 1. The molecular formula is C16H22N3OY+. The number of carbonyl (C=O) groups excluding carboxylic acids is 1. The minimum Gasteiger partial charge on any atom is -0.322 e. The van der Waals surface area contributed by atoms with Crippen molar-refractivity contribution >= 4 is 11.6 Å². The zero-order valence-corrected chi connectivity index (χ0v) is 16.0. The van der Waals surface area contributed by atoms with Gasteiger partial charge in [0.2, 0.25) is 6.33 Å². The topological polar surface area (TPSA) is 37.9 Å². The third-order valence-electron chi connectivity index (χ3n) is 3.57. The van der Waals surface area contributed by atoms with Gasteiger partial charge >= 0.3 is 0 Å². The monoisotopic (exact) mass is 361 g/mol. The van der Waals surface area contributed by atoms with E-state index < -0.39 is 0 Å². The number of nitrogens with zero attached hydrogens (tertiary/aromatic N) is 2. The Hall–Kier alpha value is -0.996. The van der Waals surface area contributed by atoms with Crippen molar-refractivity contribution in [2.75, 3.05) is 5.32 Å². The maximum atomic E-state index is 12.5. The molecule has 1 N–H and O–H groups in total. The van der Waals surface area contributed by atoms with Crippen LogP contribution in [-0.4, -0.2) is 10.5 Å². The molecule has 0 saturated heterocycles. The van der Waals surface area contributed by atoms with Crippen LogP contribution in [0.15, 0.2) is 36.9 Å². The molecule has 0 aliphatic heterocycles. The van der Waals surface area contributed by atoms with Gasteiger partial charge < -0.3 is 5.32 Å². The van der Waals surface area contributed by atoms with Gasteiger partial charge in [-0.25, -0.2) is 9.13 Å². The van der Waals surface area contributed by atoms with Gasteiger partial charge in [0.25, 0.3) is 5.91 Å². The maximum Gasteiger partial charge on any atom is 0.269 e. The Balaban J connectivity index is 0.00000220. The van der Waals surface area contributed by atoms with Crippen molar-refractivity contribution in [2.24, 2.45) is 7.05 Å². The van der Waals surface area contributed by atoms with Crippen LogP contribution in [0.2, 0.25) is 0 Å². The number of nitrogens with one attached hydrogen (secondary N) is 1. The van der Waals surface area contributed by atoms with Gasteiger partial charge in [-0.15, -0.1) is 0 Å². The van der Waals surface area contributed by atoms with Crippen LogP contribution in [0.5, 0.6) is 0 Å². The fourth-order valence-electron chi connectivity index (χ4n) is 2.40. The third kappa shape index (κ3) is 4.24. The molecule has 21 heavy (non-hydrogen) atoms. The van der Waals surface area contributed by atoms with Crippen LogP contribution in [0.4, 0.5) is 5.69 Å². The van der Waals surface area contributed by atoms with E-state index in [2.05, 4.69) is 5.32 Å². The van der Waals surface area contributed by atoms with Crippen LogP contribution >= 0.6 is 0 Å². The quantitative estimate of drug-likeness (QED) is 0.835. The molecule has 4 nitrogen and oxygen atoms in total. The standard InChI is InChI=1S/C16H21N3O.Y/c1-5-14(19-10-9-18(4)11-19)16(20)17-15-12(2)7-6-8-13(15)3;/h6-11,14H,5H2,1-4H3;/p+1. The molecule has 1 heterocycles. The van der Waals surface area contributed by atoms with Crippen molar-refractivity contribution in [3.63, 3.8) is 0 Å². The first-order valence-corrected chi connectivity index (χ1v) is 6.92. The largest absolute Gasteiger partial charge is 0.322 e. The van der Waals surface area contributed by atoms with Gasteiger partial charge in [-0.05, 0) is 31.4 Å². The summed E-state index contributed by atoms with van der Waals surface area (Å²) in [6, 6.07) is 5.84. The number of para-hydroxylation sites is 1. The van der Waals surface area contributed by atoms with E-state index in [1.807, 2.05) is 73.9 Å². The summed E-state index contributed by atoms with van der Waals surface area (Å²) in [4.78, 5) is 12.5. The molecule has 2 aromatic rings. The fourth-order valence-corrected chi connectivity index (χ4v) is 2.40. The van der Waals surface area contributed by atoms with Crippen LogP contribution in [0.1, 0.15) is 30.5 Å². The Morgan fingerprint density at radius 1 is 1.33 bits per heavy atom. The van der Waals surface area contributed by atoms with Crippen LogP contribution < -0.4 is 9.88 Å². The van der Waals surface area contributed by atoms with Crippen molar-refractivity contribution in [1.82, 2.24) is 4.57 Å². The van der Waals surface area contributed by atoms with Gasteiger partial charge in [-0.1, -0.05) is 25.1 Å². The second-order valence-electron chi connectivity index (χ2n) is 5.21. The normalized spacial score (nSPS) is 11.6. The molecule has 1 amide bonds. The number of hydrogen-bond acceptors (Lipinski definition) is 1. The second-order valence-corrected chi connectivity index (χ2v) is 5.21. The first-order valence-electron chi connectivity index (χ1n) is 6.92. The van der Waals surface area contributed by atoms with Crippen molar-refractivity contribution < 1.29 is 42.1 Å². The molecule has 5 heteroatoms. The second kappa shape index (κ2) is 7.85. The SMILES string of the molecule is CCC(C(=O)Nc1c(C)cccc1C)n1cc[n+](C)c1.[Y]. The van der Waals surface area contributed by atoms with E-state index in [0.717, 1.165) is 23.2 Å². The van der Waals surface area contributed by atoms with E-state index >= 15 is 0 Å². The van der Waals surface area contributed by atoms with Gasteiger partial charge in [0.05, 0.1) is 7.05 Å². The summed E-state index contributed by atoms with van der Waals surface area (Å²) >= 11 is 0. The minimum atomic E-state index is -0.185. The van der Waals surface area contributed by atoms with Gasteiger partial charge in [-0.2, -0.15) is 0 Å². The predicted octanol–water partition coefficient (Wildman–Crippen LogP) is 2.52. The molecule has 109 valence electrons. The van der Waals surface area contributed by atoms with Crippen molar-refractivity contribution in [3.8, 4) is 0 Å². The first kappa shape index (κ1) is 18.1. The number of carbonyl (C=O) groups is 1. The summed E-state index contributed by atoms with van der Waals surface area (Å²) in [5.74, 6) is 0.0288. The first-order chi connectivity index (χ1) is 9.52. The third-order valence-corrected chi connectivity index (χ3v) is 3.57. The fraction of sp³-hybridized carbons (Fsp3) is 0.375. The summed E-state index contributed by atoms with van der Waals surface area (Å²) in [5.41, 5.74) is 3.10. The Bertz CT molecular complexity index is 601. The summed E-state index contributed by atoms with van der Waals surface area (Å²) < 4.78 is 3.89. The molecule has 1 radical (unpaired) electrons. The van der Waals surface area contributed by atoms with Gasteiger partial charge in [0.15, 0.2) is 6.04 Å². The molecule has 1 aromatic carbocycles.